The maximum absolute atomic E-state index is 12.2. The molecule has 0 unspecified atom stereocenters. The number of hydrogen-bond acceptors (Lipinski definition) is 4. The van der Waals surface area contributed by atoms with E-state index in [1.807, 2.05) is 7.05 Å². The number of carbonyl (C=O) groups is 1. The van der Waals surface area contributed by atoms with Crippen LogP contribution in [-0.4, -0.2) is 38.2 Å². The number of likely N-dealkylation sites (N-methyl/N-ethyl adjacent to an activating group) is 1. The predicted octanol–water partition coefficient (Wildman–Crippen LogP) is 3.31. The molecule has 1 saturated heterocycles. The molecule has 136 valence electrons. The molecule has 4 fully saturated rings. The van der Waals surface area contributed by atoms with Crippen molar-refractivity contribution in [3.8, 4) is 0 Å². The first-order valence-corrected chi connectivity index (χ1v) is 9.68. The molecule has 5 atom stereocenters. The van der Waals surface area contributed by atoms with Crippen LogP contribution in [0.1, 0.15) is 60.3 Å². The van der Waals surface area contributed by atoms with Crippen LogP contribution in [0.3, 0.4) is 0 Å². The summed E-state index contributed by atoms with van der Waals surface area (Å²) in [7, 11) is 1.60. The second-order valence-corrected chi connectivity index (χ2v) is 9.50. The predicted molar refractivity (Wildman–Crippen MR) is 96.9 cm³/mol. The molecule has 1 aliphatic heterocycles. The second-order valence-electron chi connectivity index (χ2n) is 9.50. The van der Waals surface area contributed by atoms with Crippen LogP contribution in [0.2, 0.25) is 5.82 Å². The van der Waals surface area contributed by atoms with Crippen LogP contribution in [0.5, 0.6) is 0 Å². The van der Waals surface area contributed by atoms with Gasteiger partial charge in [0.1, 0.15) is 5.78 Å². The average molecular weight is 335 g/mol. The van der Waals surface area contributed by atoms with Gasteiger partial charge >= 0.3 is 7.12 Å². The molecule has 4 aliphatic rings. The van der Waals surface area contributed by atoms with Crippen LogP contribution in [-0.2, 0) is 14.1 Å². The van der Waals surface area contributed by atoms with E-state index in [1.165, 1.54) is 6.42 Å². The highest BCUT2D eigenvalue weighted by molar-refractivity contribution is 6.47. The van der Waals surface area contributed by atoms with Crippen molar-refractivity contribution in [3.05, 3.63) is 0 Å². The van der Waals surface area contributed by atoms with Crippen molar-refractivity contribution in [3.63, 3.8) is 0 Å². The van der Waals surface area contributed by atoms with E-state index in [4.69, 9.17) is 9.31 Å². The maximum Gasteiger partial charge on any atom is 0.461 e. The van der Waals surface area contributed by atoms with E-state index in [0.29, 0.717) is 30.2 Å². The summed E-state index contributed by atoms with van der Waals surface area (Å²) in [6.45, 7) is 11.9. The zero-order valence-corrected chi connectivity index (χ0v) is 16.2. The molecule has 1 heterocycles. The minimum atomic E-state index is -0.224. The fourth-order valence-electron chi connectivity index (χ4n) is 5.56. The van der Waals surface area contributed by atoms with Gasteiger partial charge in [0.15, 0.2) is 0 Å². The fraction of sp³-hybridized carbons (Fsp3) is 0.947. The summed E-state index contributed by atoms with van der Waals surface area (Å²) in [5.74, 6) is 2.28. The van der Waals surface area contributed by atoms with Crippen molar-refractivity contribution in [1.29, 1.82) is 0 Å². The van der Waals surface area contributed by atoms with E-state index in [9.17, 15) is 4.79 Å². The van der Waals surface area contributed by atoms with Crippen LogP contribution >= 0.6 is 0 Å². The van der Waals surface area contributed by atoms with Gasteiger partial charge in [-0.25, -0.2) is 0 Å². The van der Waals surface area contributed by atoms with E-state index in [0.717, 1.165) is 18.8 Å². The molecule has 4 nitrogen and oxygen atoms in total. The third-order valence-corrected chi connectivity index (χ3v) is 6.99. The van der Waals surface area contributed by atoms with Gasteiger partial charge in [0, 0.05) is 12.2 Å². The number of ketones is 1. The molecular weight excluding hydrogens is 301 g/mol. The van der Waals surface area contributed by atoms with Gasteiger partial charge in [-0.15, -0.1) is 0 Å². The Kier molecular flexibility index (Phi) is 4.91. The summed E-state index contributed by atoms with van der Waals surface area (Å²) in [5, 5.41) is 2.97. The molecule has 0 aromatic rings. The lowest BCUT2D eigenvalue weighted by Crippen LogP contribution is -2.65. The van der Waals surface area contributed by atoms with Gasteiger partial charge in [0.25, 0.3) is 0 Å². The largest absolute Gasteiger partial charge is 0.461 e. The molecule has 0 amide bonds. The molecule has 3 aliphatic carbocycles. The normalized spacial score (nSPS) is 38.0. The molecule has 3 saturated carbocycles. The molecule has 24 heavy (non-hydrogen) atoms. The van der Waals surface area contributed by atoms with E-state index >= 15 is 0 Å². The minimum absolute atomic E-state index is 0.161. The SMILES string of the molecule is CNCC(=O)C[C@@H](CC(C)C)B1O[C@@H]2C[C@@H]3C[C@@H](C3(C)C)[C@]2(C)O1. The quantitative estimate of drug-likeness (QED) is 0.725. The standard InChI is InChI=1S/C19H34BNO3/c1-12(2)7-14(10-15(22)11-21-6)20-23-17-9-13-8-16(18(13,3)4)19(17,5)24-20/h12-14,16-17,21H,7-11H2,1-6H3/t13-,14+,16-,17+,19-/m0/s1. The van der Waals surface area contributed by atoms with Gasteiger partial charge in [-0.05, 0) is 56.4 Å². The second kappa shape index (κ2) is 6.41. The van der Waals surface area contributed by atoms with E-state index in [-0.39, 0.29) is 30.4 Å². The van der Waals surface area contributed by atoms with Crippen molar-refractivity contribution in [2.24, 2.45) is 23.2 Å². The molecule has 5 heteroatoms. The maximum atomic E-state index is 12.2. The number of rotatable bonds is 7. The Morgan fingerprint density at radius 3 is 2.58 bits per heavy atom. The first kappa shape index (κ1) is 18.4. The van der Waals surface area contributed by atoms with Crippen LogP contribution in [0.4, 0.5) is 0 Å². The zero-order valence-electron chi connectivity index (χ0n) is 16.2. The summed E-state index contributed by atoms with van der Waals surface area (Å²) in [6, 6.07) is 0. The molecule has 0 aromatic heterocycles. The Morgan fingerprint density at radius 2 is 2.00 bits per heavy atom. The summed E-state index contributed by atoms with van der Waals surface area (Å²) in [5.41, 5.74) is 0.184. The number of hydrogen-bond donors (Lipinski definition) is 1. The number of Topliss-reactive ketones (excluding diaryl/α,β-unsaturated/α-hetero) is 1. The van der Waals surface area contributed by atoms with Crippen LogP contribution < -0.4 is 5.32 Å². The van der Waals surface area contributed by atoms with Gasteiger partial charge in [-0.2, -0.15) is 0 Å². The zero-order chi connectivity index (χ0) is 17.7. The third kappa shape index (κ3) is 2.97. The summed E-state index contributed by atoms with van der Waals surface area (Å²) in [6.07, 6.45) is 4.09. The van der Waals surface area contributed by atoms with Crippen molar-refractivity contribution >= 4 is 12.9 Å². The molecule has 4 rings (SSSR count). The number of carbonyl (C=O) groups excluding carboxylic acids is 1. The molecule has 0 radical (unpaired) electrons. The smallest absolute Gasteiger partial charge is 0.405 e. The van der Waals surface area contributed by atoms with Gasteiger partial charge in [0.05, 0.1) is 18.2 Å². The van der Waals surface area contributed by atoms with Gasteiger partial charge in [-0.3, -0.25) is 4.79 Å². The molecule has 1 N–H and O–H groups in total. The third-order valence-electron chi connectivity index (χ3n) is 6.99. The Balaban J connectivity index is 1.73. The van der Waals surface area contributed by atoms with E-state index in [2.05, 4.69) is 39.9 Å². The average Bonchev–Trinajstić information content (AvgIpc) is 2.83. The van der Waals surface area contributed by atoms with Crippen LogP contribution in [0.15, 0.2) is 0 Å². The minimum Gasteiger partial charge on any atom is -0.405 e. The summed E-state index contributed by atoms with van der Waals surface area (Å²) in [4.78, 5) is 12.2. The molecule has 2 bridgehead atoms. The molecule has 0 aromatic carbocycles. The van der Waals surface area contributed by atoms with Crippen molar-refractivity contribution < 1.29 is 14.1 Å². The van der Waals surface area contributed by atoms with Gasteiger partial charge < -0.3 is 14.6 Å². The highest BCUT2D eigenvalue weighted by Crippen LogP contribution is 2.66. The molecule has 0 spiro atoms. The Labute approximate surface area is 147 Å². The van der Waals surface area contributed by atoms with Gasteiger partial charge in [-0.1, -0.05) is 27.7 Å². The van der Waals surface area contributed by atoms with Gasteiger partial charge in [0.2, 0.25) is 0 Å². The Hall–Kier alpha value is -0.385. The highest BCUT2D eigenvalue weighted by Gasteiger charge is 2.68. The van der Waals surface area contributed by atoms with Crippen molar-refractivity contribution in [2.45, 2.75) is 77.8 Å². The lowest BCUT2D eigenvalue weighted by atomic mass is 9.43. The number of nitrogens with one attached hydrogen (secondary N) is 1. The monoisotopic (exact) mass is 335 g/mol. The Morgan fingerprint density at radius 1 is 1.29 bits per heavy atom. The van der Waals surface area contributed by atoms with E-state index < -0.39 is 0 Å². The van der Waals surface area contributed by atoms with Crippen LogP contribution in [0.25, 0.3) is 0 Å². The first-order valence-electron chi connectivity index (χ1n) is 9.68. The van der Waals surface area contributed by atoms with Crippen molar-refractivity contribution in [1.82, 2.24) is 5.32 Å². The first-order chi connectivity index (χ1) is 11.2. The lowest BCUT2D eigenvalue weighted by molar-refractivity contribution is -0.199. The van der Waals surface area contributed by atoms with E-state index in [1.54, 1.807) is 0 Å². The van der Waals surface area contributed by atoms with Crippen LogP contribution in [0, 0.1) is 23.2 Å². The highest BCUT2D eigenvalue weighted by atomic mass is 16.7. The topological polar surface area (TPSA) is 47.6 Å². The molecular formula is C19H34BNO3. The lowest BCUT2D eigenvalue weighted by Gasteiger charge is -2.64. The summed E-state index contributed by atoms with van der Waals surface area (Å²) >= 11 is 0. The van der Waals surface area contributed by atoms with Crippen molar-refractivity contribution in [2.75, 3.05) is 13.6 Å². The fourth-order valence-corrected chi connectivity index (χ4v) is 5.56. The summed E-state index contributed by atoms with van der Waals surface area (Å²) < 4.78 is 13.0. The Bertz CT molecular complexity index is 495.